The highest BCUT2D eigenvalue weighted by Crippen LogP contribution is 2.33. The zero-order chi connectivity index (χ0) is 10.8. The Bertz CT molecular complexity index is 406. The Morgan fingerprint density at radius 2 is 2.25 bits per heavy atom. The molecule has 3 rings (SSSR count). The van der Waals surface area contributed by atoms with Crippen molar-refractivity contribution in [2.45, 2.75) is 25.3 Å². The van der Waals surface area contributed by atoms with Gasteiger partial charge >= 0.3 is 0 Å². The molecule has 1 saturated heterocycles. The monoisotopic (exact) mass is 232 g/mol. The number of hydrogen-bond acceptors (Lipinski definition) is 2. The van der Waals surface area contributed by atoms with Crippen LogP contribution in [0.15, 0.2) is 29.3 Å². The quantitative estimate of drug-likeness (QED) is 0.805. The van der Waals surface area contributed by atoms with Crippen LogP contribution in [0.5, 0.6) is 0 Å². The molecular weight excluding hydrogens is 216 g/mol. The van der Waals surface area contributed by atoms with Crippen LogP contribution in [0.1, 0.15) is 30.0 Å². The summed E-state index contributed by atoms with van der Waals surface area (Å²) < 4.78 is 0. The number of hydrogen-bond donors (Lipinski definition) is 1. The van der Waals surface area contributed by atoms with Gasteiger partial charge in [-0.2, -0.15) is 0 Å². The van der Waals surface area contributed by atoms with Crippen LogP contribution in [-0.2, 0) is 6.42 Å². The molecule has 1 aromatic rings. The molecule has 1 aromatic carbocycles. The van der Waals surface area contributed by atoms with Crippen molar-refractivity contribution in [2.24, 2.45) is 4.99 Å². The van der Waals surface area contributed by atoms with Crippen LogP contribution in [-0.4, -0.2) is 17.5 Å². The Balaban J connectivity index is 1.89. The largest absolute Gasteiger partial charge is 0.364 e. The summed E-state index contributed by atoms with van der Waals surface area (Å²) in [6, 6.07) is 9.14. The molecule has 2 aliphatic rings. The minimum atomic E-state index is 0.387. The van der Waals surface area contributed by atoms with Crippen LogP contribution in [0.3, 0.4) is 0 Å². The van der Waals surface area contributed by atoms with Crippen LogP contribution >= 0.6 is 11.8 Å². The van der Waals surface area contributed by atoms with E-state index in [1.807, 2.05) is 11.8 Å². The molecule has 0 unspecified atom stereocenters. The van der Waals surface area contributed by atoms with E-state index in [9.17, 15) is 0 Å². The predicted molar refractivity (Wildman–Crippen MR) is 70.0 cm³/mol. The normalized spacial score (nSPS) is 26.5. The molecule has 1 fully saturated rings. The number of benzene rings is 1. The van der Waals surface area contributed by atoms with Gasteiger partial charge in [0.2, 0.25) is 0 Å². The molecule has 0 saturated carbocycles. The molecule has 1 N–H and O–H groups in total. The van der Waals surface area contributed by atoms with Gasteiger partial charge in [-0.3, -0.25) is 4.99 Å². The Hall–Kier alpha value is -0.960. The van der Waals surface area contributed by atoms with Gasteiger partial charge in [-0.25, -0.2) is 0 Å². The highest BCUT2D eigenvalue weighted by Gasteiger charge is 2.20. The van der Waals surface area contributed by atoms with E-state index in [1.165, 1.54) is 30.4 Å². The molecule has 0 aromatic heterocycles. The van der Waals surface area contributed by atoms with Gasteiger partial charge < -0.3 is 5.32 Å². The molecule has 16 heavy (non-hydrogen) atoms. The highest BCUT2D eigenvalue weighted by molar-refractivity contribution is 8.14. The van der Waals surface area contributed by atoms with Gasteiger partial charge in [0.1, 0.15) is 0 Å². The van der Waals surface area contributed by atoms with Gasteiger partial charge in [0.05, 0.1) is 6.04 Å². The highest BCUT2D eigenvalue weighted by atomic mass is 32.2. The van der Waals surface area contributed by atoms with Gasteiger partial charge in [-0.1, -0.05) is 36.0 Å². The van der Waals surface area contributed by atoms with E-state index in [4.69, 9.17) is 4.99 Å². The standard InChI is InChI=1S/C13H16N2S/c1-2-6-11-10(4-1)5-3-7-12(11)15-13-14-8-9-16-13/h1-2,4,6,12H,3,5,7-9H2,(H,14,15)/t12-/m0/s1. The van der Waals surface area contributed by atoms with E-state index in [1.54, 1.807) is 0 Å². The minimum Gasteiger partial charge on any atom is -0.364 e. The number of aryl methyl sites for hydroxylation is 1. The SMILES string of the molecule is c1ccc2c(c1)CCC[C@@H]2/N=C1/NCCS1. The van der Waals surface area contributed by atoms with Gasteiger partial charge in [-0.05, 0) is 30.4 Å². The van der Waals surface area contributed by atoms with E-state index in [0.717, 1.165) is 17.5 Å². The zero-order valence-electron chi connectivity index (χ0n) is 9.28. The summed E-state index contributed by atoms with van der Waals surface area (Å²) in [4.78, 5) is 4.84. The summed E-state index contributed by atoms with van der Waals surface area (Å²) >= 11 is 1.85. The lowest BCUT2D eigenvalue weighted by Gasteiger charge is -2.22. The molecule has 84 valence electrons. The van der Waals surface area contributed by atoms with E-state index in [-0.39, 0.29) is 0 Å². The summed E-state index contributed by atoms with van der Waals surface area (Å²) in [5, 5.41) is 4.49. The molecule has 0 amide bonds. The maximum absolute atomic E-state index is 4.84. The fourth-order valence-electron chi connectivity index (χ4n) is 2.44. The van der Waals surface area contributed by atoms with Crippen molar-refractivity contribution in [1.82, 2.24) is 5.32 Å². The third-order valence-corrected chi connectivity index (χ3v) is 4.16. The van der Waals surface area contributed by atoms with E-state index in [2.05, 4.69) is 29.6 Å². The van der Waals surface area contributed by atoms with Crippen LogP contribution in [0.25, 0.3) is 0 Å². The lowest BCUT2D eigenvalue weighted by molar-refractivity contribution is 0.572. The lowest BCUT2D eigenvalue weighted by Crippen LogP contribution is -2.16. The van der Waals surface area contributed by atoms with Crippen LogP contribution in [0.4, 0.5) is 0 Å². The number of amidine groups is 1. The molecule has 2 nitrogen and oxygen atoms in total. The fourth-order valence-corrected chi connectivity index (χ4v) is 3.25. The first-order valence-corrected chi connectivity index (χ1v) is 6.94. The van der Waals surface area contributed by atoms with Gasteiger partial charge in [0.15, 0.2) is 5.17 Å². The van der Waals surface area contributed by atoms with Crippen molar-refractivity contribution in [3.63, 3.8) is 0 Å². The summed E-state index contributed by atoms with van der Waals surface area (Å²) in [6.45, 7) is 1.07. The van der Waals surface area contributed by atoms with Crippen molar-refractivity contribution < 1.29 is 0 Å². The average molecular weight is 232 g/mol. The Morgan fingerprint density at radius 1 is 1.31 bits per heavy atom. The van der Waals surface area contributed by atoms with E-state index >= 15 is 0 Å². The third kappa shape index (κ3) is 1.96. The molecule has 0 bridgehead atoms. The molecule has 0 spiro atoms. The van der Waals surface area contributed by atoms with Crippen molar-refractivity contribution in [3.8, 4) is 0 Å². The lowest BCUT2D eigenvalue weighted by atomic mass is 9.88. The predicted octanol–water partition coefficient (Wildman–Crippen LogP) is 2.76. The summed E-state index contributed by atoms with van der Waals surface area (Å²) in [5.41, 5.74) is 2.93. The summed E-state index contributed by atoms with van der Waals surface area (Å²) in [7, 11) is 0. The van der Waals surface area contributed by atoms with Gasteiger partial charge in [-0.15, -0.1) is 0 Å². The number of nitrogens with zero attached hydrogens (tertiary/aromatic N) is 1. The van der Waals surface area contributed by atoms with Crippen molar-refractivity contribution >= 4 is 16.9 Å². The summed E-state index contributed by atoms with van der Waals surface area (Å²) in [6.07, 6.45) is 3.68. The molecule has 1 aliphatic carbocycles. The van der Waals surface area contributed by atoms with Gasteiger partial charge in [0, 0.05) is 12.3 Å². The van der Waals surface area contributed by atoms with Gasteiger partial charge in [0.25, 0.3) is 0 Å². The van der Waals surface area contributed by atoms with E-state index < -0.39 is 0 Å². The molecule has 3 heteroatoms. The first kappa shape index (κ1) is 10.2. The Kier molecular flexibility index (Phi) is 2.87. The number of fused-ring (bicyclic) bond motifs is 1. The van der Waals surface area contributed by atoms with E-state index in [0.29, 0.717) is 6.04 Å². The average Bonchev–Trinajstić information content (AvgIpc) is 2.82. The molecular formula is C13H16N2S. The minimum absolute atomic E-state index is 0.387. The first-order valence-electron chi connectivity index (χ1n) is 5.96. The number of aliphatic imine (C=N–C) groups is 1. The fraction of sp³-hybridized carbons (Fsp3) is 0.462. The van der Waals surface area contributed by atoms with Crippen LogP contribution < -0.4 is 5.32 Å². The van der Waals surface area contributed by atoms with Crippen LogP contribution in [0.2, 0.25) is 0 Å². The number of nitrogens with one attached hydrogen (secondary N) is 1. The maximum atomic E-state index is 4.84. The zero-order valence-corrected chi connectivity index (χ0v) is 10.1. The van der Waals surface area contributed by atoms with Crippen molar-refractivity contribution in [2.75, 3.05) is 12.3 Å². The second-order valence-electron chi connectivity index (χ2n) is 4.32. The van der Waals surface area contributed by atoms with Crippen molar-refractivity contribution in [3.05, 3.63) is 35.4 Å². The first-order chi connectivity index (χ1) is 7.93. The number of rotatable bonds is 1. The second-order valence-corrected chi connectivity index (χ2v) is 5.40. The molecule has 1 heterocycles. The third-order valence-electron chi connectivity index (χ3n) is 3.23. The number of thioether (sulfide) groups is 1. The topological polar surface area (TPSA) is 24.4 Å². The molecule has 1 atom stereocenters. The molecule has 1 aliphatic heterocycles. The van der Waals surface area contributed by atoms with Crippen molar-refractivity contribution in [1.29, 1.82) is 0 Å². The molecule has 0 radical (unpaired) electrons. The second kappa shape index (κ2) is 4.50. The van der Waals surface area contributed by atoms with Crippen LogP contribution in [0, 0.1) is 0 Å². The maximum Gasteiger partial charge on any atom is 0.157 e. The Morgan fingerprint density at radius 3 is 3.12 bits per heavy atom. The Labute approximate surface area is 101 Å². The smallest absolute Gasteiger partial charge is 0.157 e. The summed E-state index contributed by atoms with van der Waals surface area (Å²) in [5.74, 6) is 1.16.